The van der Waals surface area contributed by atoms with Crippen LogP contribution >= 0.6 is 0 Å². The van der Waals surface area contributed by atoms with E-state index in [1.807, 2.05) is 4.90 Å². The number of nitrogens with zero attached hydrogens (tertiary/aromatic N) is 1. The van der Waals surface area contributed by atoms with Crippen LogP contribution in [0, 0.1) is 11.8 Å². The lowest BCUT2D eigenvalue weighted by Gasteiger charge is -2.52. The van der Waals surface area contributed by atoms with E-state index in [2.05, 4.69) is 6.92 Å². The Morgan fingerprint density at radius 3 is 2.96 bits per heavy atom. The van der Waals surface area contributed by atoms with Gasteiger partial charge in [-0.15, -0.1) is 0 Å². The van der Waals surface area contributed by atoms with Crippen molar-refractivity contribution in [1.82, 2.24) is 4.90 Å². The summed E-state index contributed by atoms with van der Waals surface area (Å²) in [7, 11) is 0. The average Bonchev–Trinajstić information content (AvgIpc) is 2.90. The van der Waals surface area contributed by atoms with Crippen LogP contribution in [0.5, 0.6) is 5.75 Å². The minimum absolute atomic E-state index is 0.00220. The molecular weight excluding hydrogens is 312 g/mol. The molecular formula is C19H21F2NO2. The number of phenolic OH excluding ortho intramolecular Hbond substituents is 1. The van der Waals surface area contributed by atoms with Crippen LogP contribution in [0.4, 0.5) is 8.78 Å². The molecule has 5 atom stereocenters. The standard InChI is InChI=1S/C19H21F2NO2/c1-2-11-5-10-6-14-17(11)22(8-10)9-19(20,21)16-13-7-12(23)3-4-15(13)24-18(14)16/h3-4,7,10-11,14,17,23H,2,5-6,8-9H2,1H3. The number of benzene rings is 1. The molecule has 1 N–H and O–H groups in total. The summed E-state index contributed by atoms with van der Waals surface area (Å²) in [6.07, 6.45) is 3.11. The van der Waals surface area contributed by atoms with Crippen molar-refractivity contribution in [3.63, 3.8) is 0 Å². The van der Waals surface area contributed by atoms with Gasteiger partial charge in [0.25, 0.3) is 5.92 Å². The second-order valence-corrected chi connectivity index (χ2v) is 7.76. The van der Waals surface area contributed by atoms with Gasteiger partial charge in [0.2, 0.25) is 0 Å². The molecule has 1 aromatic heterocycles. The third kappa shape index (κ3) is 1.85. The molecule has 6 rings (SSSR count). The molecule has 0 radical (unpaired) electrons. The van der Waals surface area contributed by atoms with Crippen LogP contribution in [0.2, 0.25) is 0 Å². The maximum atomic E-state index is 15.2. The average molecular weight is 333 g/mol. The van der Waals surface area contributed by atoms with Crippen molar-refractivity contribution in [3.8, 4) is 5.75 Å². The lowest BCUT2D eigenvalue weighted by molar-refractivity contribution is -0.0846. The van der Waals surface area contributed by atoms with Crippen molar-refractivity contribution in [1.29, 1.82) is 0 Å². The third-order valence-corrected chi connectivity index (χ3v) is 6.36. The van der Waals surface area contributed by atoms with Gasteiger partial charge in [-0.2, -0.15) is 8.78 Å². The molecule has 1 aliphatic carbocycles. The van der Waals surface area contributed by atoms with E-state index in [1.54, 1.807) is 6.07 Å². The van der Waals surface area contributed by atoms with Crippen LogP contribution in [0.3, 0.4) is 0 Å². The van der Waals surface area contributed by atoms with Crippen LogP contribution in [-0.4, -0.2) is 29.1 Å². The first-order valence-electron chi connectivity index (χ1n) is 8.85. The number of rotatable bonds is 1. The van der Waals surface area contributed by atoms with E-state index in [9.17, 15) is 5.11 Å². The molecule has 4 heterocycles. The Labute approximate surface area is 139 Å². The van der Waals surface area contributed by atoms with E-state index in [-0.39, 0.29) is 29.8 Å². The molecule has 5 unspecified atom stereocenters. The van der Waals surface area contributed by atoms with Gasteiger partial charge in [-0.1, -0.05) is 13.3 Å². The molecule has 1 aromatic carbocycles. The number of hydrogen-bond acceptors (Lipinski definition) is 3. The van der Waals surface area contributed by atoms with Crippen molar-refractivity contribution >= 4 is 11.0 Å². The maximum Gasteiger partial charge on any atom is 0.289 e. The third-order valence-electron chi connectivity index (χ3n) is 6.36. The van der Waals surface area contributed by atoms with Crippen LogP contribution in [-0.2, 0) is 5.92 Å². The van der Waals surface area contributed by atoms with E-state index in [1.165, 1.54) is 12.1 Å². The van der Waals surface area contributed by atoms with Crippen molar-refractivity contribution in [2.75, 3.05) is 13.1 Å². The summed E-state index contributed by atoms with van der Waals surface area (Å²) < 4.78 is 36.3. The first kappa shape index (κ1) is 14.7. The summed E-state index contributed by atoms with van der Waals surface area (Å²) in [4.78, 5) is 2.01. The topological polar surface area (TPSA) is 36.6 Å². The quantitative estimate of drug-likeness (QED) is 0.838. The van der Waals surface area contributed by atoms with Crippen molar-refractivity contribution < 1.29 is 18.3 Å². The first-order chi connectivity index (χ1) is 11.5. The predicted octanol–water partition coefficient (Wildman–Crippen LogP) is 4.45. The molecule has 3 aliphatic heterocycles. The number of alkyl halides is 2. The zero-order valence-corrected chi connectivity index (χ0v) is 13.6. The Morgan fingerprint density at radius 2 is 2.17 bits per heavy atom. The van der Waals surface area contributed by atoms with Gasteiger partial charge < -0.3 is 9.52 Å². The van der Waals surface area contributed by atoms with E-state index in [0.717, 1.165) is 25.8 Å². The number of hydrogen-bond donors (Lipinski definition) is 1. The summed E-state index contributed by atoms with van der Waals surface area (Å²) in [6, 6.07) is 4.68. The second-order valence-electron chi connectivity index (χ2n) is 7.76. The molecule has 0 spiro atoms. The van der Waals surface area contributed by atoms with Gasteiger partial charge >= 0.3 is 0 Å². The van der Waals surface area contributed by atoms with Crippen LogP contribution < -0.4 is 0 Å². The highest BCUT2D eigenvalue weighted by molar-refractivity contribution is 5.85. The van der Waals surface area contributed by atoms with Gasteiger partial charge in [-0.3, -0.25) is 4.90 Å². The monoisotopic (exact) mass is 333 g/mol. The normalized spacial score (nSPS) is 36.5. The van der Waals surface area contributed by atoms with Crippen LogP contribution in [0.1, 0.15) is 43.4 Å². The Morgan fingerprint density at radius 1 is 1.33 bits per heavy atom. The Kier molecular flexibility index (Phi) is 2.89. The van der Waals surface area contributed by atoms with Crippen LogP contribution in [0.15, 0.2) is 22.6 Å². The molecule has 4 bridgehead atoms. The molecule has 2 aromatic rings. The number of phenols is 1. The lowest BCUT2D eigenvalue weighted by Crippen LogP contribution is -2.57. The Balaban J connectivity index is 1.76. The molecule has 3 fully saturated rings. The molecule has 1 saturated carbocycles. The summed E-state index contributed by atoms with van der Waals surface area (Å²) in [5.74, 6) is -1.50. The Bertz CT molecular complexity index is 815. The molecule has 0 amide bonds. The number of piperidine rings is 2. The molecule has 4 aliphatic rings. The van der Waals surface area contributed by atoms with Gasteiger partial charge in [-0.05, 0) is 42.9 Å². The highest BCUT2D eigenvalue weighted by Gasteiger charge is 2.55. The molecule has 2 saturated heterocycles. The van der Waals surface area contributed by atoms with Crippen molar-refractivity contribution in [2.24, 2.45) is 11.8 Å². The van der Waals surface area contributed by atoms with Crippen LogP contribution in [0.25, 0.3) is 11.0 Å². The second kappa shape index (κ2) is 4.72. The number of aromatic hydroxyl groups is 1. The van der Waals surface area contributed by atoms with E-state index < -0.39 is 5.92 Å². The summed E-state index contributed by atoms with van der Waals surface area (Å²) >= 11 is 0. The maximum absolute atomic E-state index is 15.2. The summed E-state index contributed by atoms with van der Waals surface area (Å²) in [5, 5.41) is 10.1. The zero-order chi connectivity index (χ0) is 16.6. The fourth-order valence-electron chi connectivity index (χ4n) is 5.56. The van der Waals surface area contributed by atoms with Gasteiger partial charge in [0, 0.05) is 23.9 Å². The van der Waals surface area contributed by atoms with Gasteiger partial charge in [0.1, 0.15) is 17.1 Å². The van der Waals surface area contributed by atoms with E-state index in [4.69, 9.17) is 4.42 Å². The smallest absolute Gasteiger partial charge is 0.289 e. The molecule has 24 heavy (non-hydrogen) atoms. The first-order valence-corrected chi connectivity index (χ1v) is 8.85. The highest BCUT2D eigenvalue weighted by atomic mass is 19.3. The van der Waals surface area contributed by atoms with E-state index in [0.29, 0.717) is 28.6 Å². The SMILES string of the molecule is CCC1CC2CC3c4oc5ccc(O)cc5c4C(F)(F)CN(C2)C13. The Hall–Kier alpha value is -1.62. The highest BCUT2D eigenvalue weighted by Crippen LogP contribution is 2.55. The minimum Gasteiger partial charge on any atom is -0.508 e. The fourth-order valence-corrected chi connectivity index (χ4v) is 5.56. The van der Waals surface area contributed by atoms with E-state index >= 15 is 8.78 Å². The molecule has 128 valence electrons. The lowest BCUT2D eigenvalue weighted by atomic mass is 9.65. The van der Waals surface area contributed by atoms with Gasteiger partial charge in [-0.25, -0.2) is 0 Å². The number of furan rings is 1. The predicted molar refractivity (Wildman–Crippen MR) is 86.4 cm³/mol. The molecule has 5 heteroatoms. The largest absolute Gasteiger partial charge is 0.508 e. The van der Waals surface area contributed by atoms with Crippen molar-refractivity contribution in [3.05, 3.63) is 29.5 Å². The van der Waals surface area contributed by atoms with Gasteiger partial charge in [0.05, 0.1) is 12.1 Å². The minimum atomic E-state index is -2.95. The van der Waals surface area contributed by atoms with Gasteiger partial charge in [0.15, 0.2) is 0 Å². The number of fused-ring (bicyclic) bond motifs is 4. The fraction of sp³-hybridized carbons (Fsp3) is 0.579. The molecule has 3 nitrogen and oxygen atoms in total. The summed E-state index contributed by atoms with van der Waals surface area (Å²) in [5.41, 5.74) is 0.476. The zero-order valence-electron chi connectivity index (χ0n) is 13.6. The number of halogens is 2. The van der Waals surface area contributed by atoms with Crippen molar-refractivity contribution in [2.45, 2.75) is 44.1 Å². The summed E-state index contributed by atoms with van der Waals surface area (Å²) in [6.45, 7) is 2.70.